The van der Waals surface area contributed by atoms with Gasteiger partial charge in [0.25, 0.3) is 0 Å². The van der Waals surface area contributed by atoms with Crippen molar-refractivity contribution in [2.75, 3.05) is 11.1 Å². The van der Waals surface area contributed by atoms with Gasteiger partial charge < -0.3 is 11.1 Å². The van der Waals surface area contributed by atoms with Gasteiger partial charge in [0.15, 0.2) is 11.0 Å². The van der Waals surface area contributed by atoms with E-state index in [1.165, 1.54) is 0 Å². The van der Waals surface area contributed by atoms with Crippen LogP contribution in [0.3, 0.4) is 0 Å². The Kier molecular flexibility index (Phi) is 3.63. The number of hydrogen-bond acceptors (Lipinski definition) is 4. The highest BCUT2D eigenvalue weighted by molar-refractivity contribution is 9.10. The van der Waals surface area contributed by atoms with E-state index < -0.39 is 11.6 Å². The van der Waals surface area contributed by atoms with Gasteiger partial charge in [0.1, 0.15) is 23.6 Å². The van der Waals surface area contributed by atoms with Crippen LogP contribution in [0.5, 0.6) is 0 Å². The first-order valence-electron chi connectivity index (χ1n) is 4.66. The summed E-state index contributed by atoms with van der Waals surface area (Å²) >= 11 is 8.56. The zero-order chi connectivity index (χ0) is 13.3. The van der Waals surface area contributed by atoms with Crippen LogP contribution in [-0.2, 0) is 0 Å². The summed E-state index contributed by atoms with van der Waals surface area (Å²) in [5.74, 6) is -1.16. The zero-order valence-corrected chi connectivity index (χ0v) is 11.1. The number of hydrogen-bond donors (Lipinski definition) is 2. The van der Waals surface area contributed by atoms with Crippen LogP contribution in [0.1, 0.15) is 0 Å². The number of aromatic nitrogens is 2. The van der Waals surface area contributed by atoms with Crippen LogP contribution in [0.2, 0.25) is 5.15 Å². The molecule has 0 aliphatic carbocycles. The third kappa shape index (κ3) is 2.51. The number of halogens is 4. The molecule has 0 bridgehead atoms. The molecule has 0 unspecified atom stereocenters. The van der Waals surface area contributed by atoms with Crippen molar-refractivity contribution in [2.45, 2.75) is 0 Å². The van der Waals surface area contributed by atoms with Gasteiger partial charge in [-0.25, -0.2) is 18.7 Å². The largest absolute Gasteiger partial charge is 0.393 e. The number of benzene rings is 1. The molecule has 4 nitrogen and oxygen atoms in total. The molecule has 0 saturated heterocycles. The maximum Gasteiger partial charge on any atom is 0.158 e. The molecule has 1 aromatic heterocycles. The molecule has 1 aromatic carbocycles. The molecule has 0 aliphatic rings. The number of anilines is 3. The third-order valence-electron chi connectivity index (χ3n) is 2.10. The van der Waals surface area contributed by atoms with E-state index in [1.807, 2.05) is 0 Å². The Morgan fingerprint density at radius 1 is 1.22 bits per heavy atom. The average Bonchev–Trinajstić information content (AvgIpc) is 2.32. The van der Waals surface area contributed by atoms with Crippen LogP contribution in [0.25, 0.3) is 0 Å². The lowest BCUT2D eigenvalue weighted by molar-refractivity contribution is 0.598. The molecule has 0 spiro atoms. The monoisotopic (exact) mass is 334 g/mol. The summed E-state index contributed by atoms with van der Waals surface area (Å²) < 4.78 is 26.9. The Morgan fingerprint density at radius 3 is 2.67 bits per heavy atom. The maximum absolute atomic E-state index is 13.6. The minimum Gasteiger partial charge on any atom is -0.393 e. The lowest BCUT2D eigenvalue weighted by Gasteiger charge is -2.10. The van der Waals surface area contributed by atoms with Crippen LogP contribution in [-0.4, -0.2) is 9.97 Å². The topological polar surface area (TPSA) is 63.8 Å². The second-order valence-corrected chi connectivity index (χ2v) is 4.51. The lowest BCUT2D eigenvalue weighted by atomic mass is 10.3. The van der Waals surface area contributed by atoms with Crippen LogP contribution < -0.4 is 11.1 Å². The fourth-order valence-corrected chi connectivity index (χ4v) is 1.67. The predicted octanol–water partition coefficient (Wildman–Crippen LogP) is 3.50. The first-order chi connectivity index (χ1) is 8.49. The average molecular weight is 336 g/mol. The van der Waals surface area contributed by atoms with Gasteiger partial charge in [0.05, 0.1) is 10.2 Å². The molecule has 1 heterocycles. The van der Waals surface area contributed by atoms with Crippen LogP contribution in [0.4, 0.5) is 26.0 Å². The molecule has 0 saturated carbocycles. The van der Waals surface area contributed by atoms with Gasteiger partial charge in [-0.3, -0.25) is 0 Å². The second kappa shape index (κ2) is 5.03. The van der Waals surface area contributed by atoms with Crippen molar-refractivity contribution in [3.05, 3.63) is 39.7 Å². The summed E-state index contributed by atoms with van der Waals surface area (Å²) in [4.78, 5) is 7.44. The van der Waals surface area contributed by atoms with Crippen molar-refractivity contribution in [3.63, 3.8) is 0 Å². The first-order valence-corrected chi connectivity index (χ1v) is 5.83. The highest BCUT2D eigenvalue weighted by Gasteiger charge is 2.11. The minimum absolute atomic E-state index is 0.0271. The SMILES string of the molecule is Nc1c(Cl)ncnc1Nc1cc(F)c(Br)cc1F. The summed E-state index contributed by atoms with van der Waals surface area (Å²) in [6, 6.07) is 1.98. The van der Waals surface area contributed by atoms with Gasteiger partial charge in [-0.05, 0) is 22.0 Å². The summed E-state index contributed by atoms with van der Waals surface area (Å²) in [6.45, 7) is 0. The molecule has 3 N–H and O–H groups in total. The molecule has 0 radical (unpaired) electrons. The molecule has 0 aliphatic heterocycles. The Balaban J connectivity index is 2.40. The van der Waals surface area contributed by atoms with Gasteiger partial charge in [0, 0.05) is 6.07 Å². The molecule has 2 rings (SSSR count). The Morgan fingerprint density at radius 2 is 1.94 bits per heavy atom. The predicted molar refractivity (Wildman–Crippen MR) is 68.8 cm³/mol. The van der Waals surface area contributed by atoms with E-state index in [0.717, 1.165) is 18.5 Å². The zero-order valence-electron chi connectivity index (χ0n) is 8.72. The quantitative estimate of drug-likeness (QED) is 0.651. The number of nitrogens with zero attached hydrogens (tertiary/aromatic N) is 2. The fourth-order valence-electron chi connectivity index (χ4n) is 1.22. The number of nitrogen functional groups attached to an aromatic ring is 1. The summed E-state index contributed by atoms with van der Waals surface area (Å²) in [7, 11) is 0. The van der Waals surface area contributed by atoms with E-state index in [2.05, 4.69) is 31.2 Å². The van der Waals surface area contributed by atoms with E-state index in [9.17, 15) is 8.78 Å². The van der Waals surface area contributed by atoms with Gasteiger partial charge in [0.2, 0.25) is 0 Å². The van der Waals surface area contributed by atoms with Crippen molar-refractivity contribution in [1.82, 2.24) is 9.97 Å². The van der Waals surface area contributed by atoms with E-state index in [0.29, 0.717) is 0 Å². The Bertz CT molecular complexity index is 609. The van der Waals surface area contributed by atoms with E-state index >= 15 is 0 Å². The third-order valence-corrected chi connectivity index (χ3v) is 3.01. The molecule has 8 heteroatoms. The Hall–Kier alpha value is -1.47. The van der Waals surface area contributed by atoms with Crippen molar-refractivity contribution >= 4 is 44.7 Å². The van der Waals surface area contributed by atoms with Gasteiger partial charge >= 0.3 is 0 Å². The number of nitrogens with one attached hydrogen (secondary N) is 1. The smallest absolute Gasteiger partial charge is 0.158 e. The highest BCUT2D eigenvalue weighted by atomic mass is 79.9. The summed E-state index contributed by atoms with van der Waals surface area (Å²) in [6.07, 6.45) is 1.16. The van der Waals surface area contributed by atoms with Crippen molar-refractivity contribution < 1.29 is 8.78 Å². The van der Waals surface area contributed by atoms with E-state index in [1.54, 1.807) is 0 Å². The maximum atomic E-state index is 13.6. The molecular formula is C10H6BrClF2N4. The van der Waals surface area contributed by atoms with Crippen molar-refractivity contribution in [2.24, 2.45) is 0 Å². The van der Waals surface area contributed by atoms with E-state index in [4.69, 9.17) is 17.3 Å². The van der Waals surface area contributed by atoms with Gasteiger partial charge in [-0.15, -0.1) is 0 Å². The minimum atomic E-state index is -0.655. The van der Waals surface area contributed by atoms with Gasteiger partial charge in [-0.2, -0.15) is 0 Å². The summed E-state index contributed by atoms with van der Waals surface area (Å²) in [5.41, 5.74) is 5.56. The molecule has 0 atom stereocenters. The van der Waals surface area contributed by atoms with Crippen molar-refractivity contribution in [3.8, 4) is 0 Å². The van der Waals surface area contributed by atoms with Crippen LogP contribution in [0.15, 0.2) is 22.9 Å². The van der Waals surface area contributed by atoms with Gasteiger partial charge in [-0.1, -0.05) is 11.6 Å². The standard InChI is InChI=1S/C10H6BrClF2N4/c11-4-1-6(14)7(2-5(4)13)18-10-8(15)9(12)16-3-17-10/h1-3H,15H2,(H,16,17,18). The molecular weight excluding hydrogens is 329 g/mol. The molecule has 18 heavy (non-hydrogen) atoms. The van der Waals surface area contributed by atoms with Crippen molar-refractivity contribution in [1.29, 1.82) is 0 Å². The second-order valence-electron chi connectivity index (χ2n) is 3.30. The van der Waals surface area contributed by atoms with E-state index in [-0.39, 0.29) is 26.8 Å². The summed E-state index contributed by atoms with van der Waals surface area (Å²) in [5, 5.41) is 2.59. The molecule has 0 fully saturated rings. The lowest BCUT2D eigenvalue weighted by Crippen LogP contribution is -2.03. The molecule has 94 valence electrons. The fraction of sp³-hybridized carbons (Fsp3) is 0. The number of rotatable bonds is 2. The highest BCUT2D eigenvalue weighted by Crippen LogP contribution is 2.29. The number of nitrogens with two attached hydrogens (primary N) is 1. The Labute approximate surface area is 114 Å². The van der Waals surface area contributed by atoms with Crippen LogP contribution in [0, 0.1) is 11.6 Å². The molecule has 2 aromatic rings. The normalized spacial score (nSPS) is 10.4. The molecule has 0 amide bonds. The van der Waals surface area contributed by atoms with Crippen LogP contribution >= 0.6 is 27.5 Å². The first kappa shape index (κ1) is 13.0.